The first-order chi connectivity index (χ1) is 9.31. The summed E-state index contributed by atoms with van der Waals surface area (Å²) in [5, 5.41) is 0. The SMILES string of the molecule is COC(=O)[C@@H](CSc1ccccc1)c1ccccc1. The van der Waals surface area contributed by atoms with E-state index >= 15 is 0 Å². The van der Waals surface area contributed by atoms with Gasteiger partial charge in [0.1, 0.15) is 0 Å². The molecule has 0 spiro atoms. The number of carbonyl (C=O) groups excluding carboxylic acids is 1. The van der Waals surface area contributed by atoms with Crippen molar-refractivity contribution in [2.24, 2.45) is 0 Å². The quantitative estimate of drug-likeness (QED) is 0.612. The second-order valence-corrected chi connectivity index (χ2v) is 5.20. The van der Waals surface area contributed by atoms with Gasteiger partial charge in [0.15, 0.2) is 0 Å². The normalized spacial score (nSPS) is 11.8. The fourth-order valence-electron chi connectivity index (χ4n) is 1.82. The Balaban J connectivity index is 2.09. The number of methoxy groups -OCH3 is 1. The molecule has 98 valence electrons. The zero-order valence-electron chi connectivity index (χ0n) is 10.8. The van der Waals surface area contributed by atoms with Gasteiger partial charge in [0.05, 0.1) is 13.0 Å². The molecular formula is C16H16O2S. The molecule has 0 saturated carbocycles. The number of hydrogen-bond donors (Lipinski definition) is 0. The number of thioether (sulfide) groups is 1. The molecule has 0 N–H and O–H groups in total. The average Bonchev–Trinajstić information content (AvgIpc) is 2.49. The van der Waals surface area contributed by atoms with Crippen LogP contribution in [0.1, 0.15) is 11.5 Å². The first kappa shape index (κ1) is 13.7. The molecule has 0 heterocycles. The van der Waals surface area contributed by atoms with Gasteiger partial charge in [-0.15, -0.1) is 11.8 Å². The Kier molecular flexibility index (Phi) is 5.04. The van der Waals surface area contributed by atoms with Gasteiger partial charge in [-0.05, 0) is 17.7 Å². The molecule has 0 radical (unpaired) electrons. The highest BCUT2D eigenvalue weighted by atomic mass is 32.2. The smallest absolute Gasteiger partial charge is 0.313 e. The molecule has 2 rings (SSSR count). The molecule has 0 aliphatic heterocycles. The molecule has 1 atom stereocenters. The van der Waals surface area contributed by atoms with E-state index in [-0.39, 0.29) is 11.9 Å². The highest BCUT2D eigenvalue weighted by Gasteiger charge is 2.21. The molecule has 2 aromatic carbocycles. The second-order valence-electron chi connectivity index (χ2n) is 4.11. The highest BCUT2D eigenvalue weighted by Crippen LogP contribution is 2.27. The summed E-state index contributed by atoms with van der Waals surface area (Å²) in [7, 11) is 1.44. The van der Waals surface area contributed by atoms with E-state index in [1.807, 2.05) is 60.7 Å². The van der Waals surface area contributed by atoms with Crippen LogP contribution in [0.25, 0.3) is 0 Å². The van der Waals surface area contributed by atoms with Crippen LogP contribution in [0.15, 0.2) is 65.6 Å². The Morgan fingerprint density at radius 2 is 1.63 bits per heavy atom. The monoisotopic (exact) mass is 272 g/mol. The van der Waals surface area contributed by atoms with Crippen LogP contribution in [0.2, 0.25) is 0 Å². The summed E-state index contributed by atoms with van der Waals surface area (Å²) in [6.45, 7) is 0. The number of carbonyl (C=O) groups is 1. The molecule has 0 unspecified atom stereocenters. The summed E-state index contributed by atoms with van der Waals surface area (Å²) in [4.78, 5) is 13.1. The molecule has 19 heavy (non-hydrogen) atoms. The van der Waals surface area contributed by atoms with E-state index in [0.29, 0.717) is 5.75 Å². The summed E-state index contributed by atoms with van der Waals surface area (Å²) >= 11 is 1.67. The lowest BCUT2D eigenvalue weighted by molar-refractivity contribution is -0.141. The number of benzene rings is 2. The van der Waals surface area contributed by atoms with Crippen molar-refractivity contribution in [1.29, 1.82) is 0 Å². The lowest BCUT2D eigenvalue weighted by Crippen LogP contribution is -2.16. The van der Waals surface area contributed by atoms with Gasteiger partial charge >= 0.3 is 5.97 Å². The molecule has 0 amide bonds. The van der Waals surface area contributed by atoms with Gasteiger partial charge in [-0.2, -0.15) is 0 Å². The fourth-order valence-corrected chi connectivity index (χ4v) is 2.86. The largest absolute Gasteiger partial charge is 0.469 e. The van der Waals surface area contributed by atoms with E-state index in [2.05, 4.69) is 0 Å². The van der Waals surface area contributed by atoms with Gasteiger partial charge in [-0.1, -0.05) is 48.5 Å². The molecule has 2 nitrogen and oxygen atoms in total. The van der Waals surface area contributed by atoms with Gasteiger partial charge in [-0.3, -0.25) is 4.79 Å². The molecule has 3 heteroatoms. The van der Waals surface area contributed by atoms with E-state index in [0.717, 1.165) is 10.5 Å². The van der Waals surface area contributed by atoms with Gasteiger partial charge < -0.3 is 4.74 Å². The molecule has 0 aromatic heterocycles. The molecule has 0 bridgehead atoms. The van der Waals surface area contributed by atoms with Crippen molar-refractivity contribution < 1.29 is 9.53 Å². The lowest BCUT2D eigenvalue weighted by Gasteiger charge is -2.14. The highest BCUT2D eigenvalue weighted by molar-refractivity contribution is 7.99. The Labute approximate surface area is 117 Å². The van der Waals surface area contributed by atoms with Crippen molar-refractivity contribution in [2.45, 2.75) is 10.8 Å². The Morgan fingerprint density at radius 3 is 2.21 bits per heavy atom. The molecule has 2 aromatic rings. The van der Waals surface area contributed by atoms with Crippen LogP contribution in [-0.4, -0.2) is 18.8 Å². The van der Waals surface area contributed by atoms with Gasteiger partial charge in [0.25, 0.3) is 0 Å². The predicted octanol–water partition coefficient (Wildman–Crippen LogP) is 3.74. The fraction of sp³-hybridized carbons (Fsp3) is 0.188. The van der Waals surface area contributed by atoms with E-state index < -0.39 is 0 Å². The third-order valence-electron chi connectivity index (χ3n) is 2.85. The summed E-state index contributed by atoms with van der Waals surface area (Å²) in [6, 6.07) is 19.8. The molecule has 0 aliphatic carbocycles. The standard InChI is InChI=1S/C16H16O2S/c1-18-16(17)15(13-8-4-2-5-9-13)12-19-14-10-6-3-7-11-14/h2-11,15H,12H2,1H3/t15-/m0/s1. The van der Waals surface area contributed by atoms with Crippen LogP contribution in [-0.2, 0) is 9.53 Å². The molecule has 0 saturated heterocycles. The Bertz CT molecular complexity index is 511. The van der Waals surface area contributed by atoms with Crippen LogP contribution in [0.5, 0.6) is 0 Å². The number of hydrogen-bond acceptors (Lipinski definition) is 3. The zero-order valence-corrected chi connectivity index (χ0v) is 11.6. The maximum Gasteiger partial charge on any atom is 0.313 e. The first-order valence-corrected chi connectivity index (χ1v) is 7.10. The van der Waals surface area contributed by atoms with E-state index in [9.17, 15) is 4.79 Å². The maximum atomic E-state index is 11.9. The van der Waals surface area contributed by atoms with Gasteiger partial charge in [0, 0.05) is 10.6 Å². The van der Waals surface area contributed by atoms with Crippen LogP contribution in [0.4, 0.5) is 0 Å². The Hall–Kier alpha value is -1.74. The van der Waals surface area contributed by atoms with Crippen molar-refractivity contribution in [3.05, 3.63) is 66.2 Å². The maximum absolute atomic E-state index is 11.9. The van der Waals surface area contributed by atoms with Gasteiger partial charge in [0.2, 0.25) is 0 Å². The third-order valence-corrected chi connectivity index (χ3v) is 3.95. The number of rotatable bonds is 5. The van der Waals surface area contributed by atoms with Gasteiger partial charge in [-0.25, -0.2) is 0 Å². The molecule has 0 fully saturated rings. The average molecular weight is 272 g/mol. The van der Waals surface area contributed by atoms with Crippen LogP contribution < -0.4 is 0 Å². The Morgan fingerprint density at radius 1 is 1.05 bits per heavy atom. The van der Waals surface area contributed by atoms with Crippen molar-refractivity contribution in [3.63, 3.8) is 0 Å². The lowest BCUT2D eigenvalue weighted by atomic mass is 10.0. The van der Waals surface area contributed by atoms with Crippen molar-refractivity contribution in [2.75, 3.05) is 12.9 Å². The molecule has 0 aliphatic rings. The van der Waals surface area contributed by atoms with Crippen LogP contribution >= 0.6 is 11.8 Å². The summed E-state index contributed by atoms with van der Waals surface area (Å²) in [5.74, 6) is 0.270. The van der Waals surface area contributed by atoms with E-state index in [4.69, 9.17) is 4.74 Å². The van der Waals surface area contributed by atoms with Crippen molar-refractivity contribution in [3.8, 4) is 0 Å². The number of ether oxygens (including phenoxy) is 1. The predicted molar refractivity (Wildman–Crippen MR) is 78.4 cm³/mol. The summed E-state index contributed by atoms with van der Waals surface area (Å²) in [5.41, 5.74) is 0.998. The molecular weight excluding hydrogens is 256 g/mol. The second kappa shape index (κ2) is 7.00. The minimum Gasteiger partial charge on any atom is -0.469 e. The van der Waals surface area contributed by atoms with Crippen molar-refractivity contribution >= 4 is 17.7 Å². The van der Waals surface area contributed by atoms with Crippen LogP contribution in [0, 0.1) is 0 Å². The van der Waals surface area contributed by atoms with Crippen LogP contribution in [0.3, 0.4) is 0 Å². The van der Waals surface area contributed by atoms with Crippen molar-refractivity contribution in [1.82, 2.24) is 0 Å². The van der Waals surface area contributed by atoms with E-state index in [1.165, 1.54) is 7.11 Å². The third kappa shape index (κ3) is 3.86. The summed E-state index contributed by atoms with van der Waals surface area (Å²) < 4.78 is 4.90. The van der Waals surface area contributed by atoms with E-state index in [1.54, 1.807) is 11.8 Å². The zero-order chi connectivity index (χ0) is 13.5. The minimum absolute atomic E-state index is 0.186. The topological polar surface area (TPSA) is 26.3 Å². The summed E-state index contributed by atoms with van der Waals surface area (Å²) in [6.07, 6.45) is 0. The minimum atomic E-state index is -0.226. The first-order valence-electron chi connectivity index (χ1n) is 6.12. The number of esters is 1.